The van der Waals surface area contributed by atoms with Crippen molar-refractivity contribution in [3.8, 4) is 17.3 Å². The van der Waals surface area contributed by atoms with Crippen LogP contribution in [-0.2, 0) is 6.54 Å². The highest BCUT2D eigenvalue weighted by molar-refractivity contribution is 5.43. The average Bonchev–Trinajstić information content (AvgIpc) is 2.97. The van der Waals surface area contributed by atoms with E-state index in [0.29, 0.717) is 19.0 Å². The van der Waals surface area contributed by atoms with E-state index in [1.807, 2.05) is 67.1 Å². The zero-order valence-electron chi connectivity index (χ0n) is 18.7. The van der Waals surface area contributed by atoms with Crippen LogP contribution in [0.15, 0.2) is 54.6 Å². The molecular formula is C25H33N3O2. The number of rotatable bonds is 9. The maximum Gasteiger partial charge on any atom is 0.227 e. The van der Waals surface area contributed by atoms with Crippen LogP contribution in [0.5, 0.6) is 11.6 Å². The average molecular weight is 408 g/mol. The Labute approximate surface area is 179 Å². The van der Waals surface area contributed by atoms with Crippen molar-refractivity contribution in [2.75, 3.05) is 13.1 Å². The molecule has 1 atom stereocenters. The molecule has 3 aromatic rings. The molecule has 0 fully saturated rings. The highest BCUT2D eigenvalue weighted by atomic mass is 16.5. The Morgan fingerprint density at radius 3 is 2.37 bits per heavy atom. The first-order valence-corrected chi connectivity index (χ1v) is 10.6. The maximum atomic E-state index is 10.0. The number of aliphatic hydroxyl groups excluding tert-OH is 1. The molecule has 0 bridgehead atoms. The molecule has 0 unspecified atom stereocenters. The Bertz CT molecular complexity index is 938. The Balaban J connectivity index is 2.03. The lowest BCUT2D eigenvalue weighted by Gasteiger charge is -2.26. The molecule has 3 rings (SSSR count). The molecule has 0 aliphatic rings. The van der Waals surface area contributed by atoms with Crippen LogP contribution in [-0.4, -0.2) is 39.0 Å². The molecule has 5 nitrogen and oxygen atoms in total. The summed E-state index contributed by atoms with van der Waals surface area (Å²) in [7, 11) is 0. The molecule has 160 valence electrons. The van der Waals surface area contributed by atoms with Gasteiger partial charge in [-0.05, 0) is 56.5 Å². The summed E-state index contributed by atoms with van der Waals surface area (Å²) in [6, 6.07) is 18.1. The van der Waals surface area contributed by atoms with Gasteiger partial charge in [0.15, 0.2) is 0 Å². The molecule has 30 heavy (non-hydrogen) atoms. The summed E-state index contributed by atoms with van der Waals surface area (Å²) in [6.07, 6.45) is -0.394. The fourth-order valence-electron chi connectivity index (χ4n) is 3.68. The van der Waals surface area contributed by atoms with Crippen LogP contribution in [0.2, 0.25) is 0 Å². The lowest BCUT2D eigenvalue weighted by Crippen LogP contribution is -2.33. The quantitative estimate of drug-likeness (QED) is 0.535. The number of aromatic nitrogens is 2. The van der Waals surface area contributed by atoms with Gasteiger partial charge >= 0.3 is 0 Å². The van der Waals surface area contributed by atoms with Gasteiger partial charge in [0.25, 0.3) is 0 Å². The third-order valence-corrected chi connectivity index (χ3v) is 4.87. The van der Waals surface area contributed by atoms with Crippen LogP contribution in [0, 0.1) is 19.8 Å². The van der Waals surface area contributed by atoms with Crippen molar-refractivity contribution < 1.29 is 9.84 Å². The summed E-state index contributed by atoms with van der Waals surface area (Å²) in [5, 5.41) is 14.8. The summed E-state index contributed by atoms with van der Waals surface area (Å²) < 4.78 is 8.30. The van der Waals surface area contributed by atoms with Crippen molar-refractivity contribution in [3.63, 3.8) is 0 Å². The lowest BCUT2D eigenvalue weighted by molar-refractivity contribution is 0.114. The molecule has 0 spiro atoms. The first-order valence-electron chi connectivity index (χ1n) is 10.6. The van der Waals surface area contributed by atoms with Gasteiger partial charge in [-0.15, -0.1) is 0 Å². The van der Waals surface area contributed by atoms with Crippen molar-refractivity contribution in [2.24, 2.45) is 5.92 Å². The minimum atomic E-state index is -0.394. The van der Waals surface area contributed by atoms with E-state index in [1.165, 1.54) is 0 Å². The Morgan fingerprint density at radius 2 is 1.73 bits per heavy atom. The minimum Gasteiger partial charge on any atom is -0.439 e. The molecule has 0 aliphatic heterocycles. The molecule has 1 aromatic heterocycles. The Hall–Kier alpha value is -2.63. The van der Waals surface area contributed by atoms with Gasteiger partial charge in [0.05, 0.1) is 23.0 Å². The third kappa shape index (κ3) is 5.71. The van der Waals surface area contributed by atoms with E-state index < -0.39 is 6.10 Å². The molecule has 0 saturated carbocycles. The van der Waals surface area contributed by atoms with Gasteiger partial charge in [-0.3, -0.25) is 4.90 Å². The van der Waals surface area contributed by atoms with Crippen LogP contribution in [0.4, 0.5) is 0 Å². The number of ether oxygens (including phenoxy) is 1. The van der Waals surface area contributed by atoms with E-state index >= 15 is 0 Å². The van der Waals surface area contributed by atoms with Crippen LogP contribution in [0.1, 0.15) is 37.6 Å². The summed E-state index contributed by atoms with van der Waals surface area (Å²) in [6.45, 7) is 12.5. The van der Waals surface area contributed by atoms with Crippen LogP contribution in [0.3, 0.4) is 0 Å². The van der Waals surface area contributed by atoms with Gasteiger partial charge in [-0.2, -0.15) is 5.10 Å². The van der Waals surface area contributed by atoms with E-state index in [2.05, 4.69) is 31.7 Å². The lowest BCUT2D eigenvalue weighted by atomic mass is 10.1. The topological polar surface area (TPSA) is 50.5 Å². The number of hydrogen-bond acceptors (Lipinski definition) is 4. The van der Waals surface area contributed by atoms with Crippen molar-refractivity contribution in [1.29, 1.82) is 0 Å². The second-order valence-corrected chi connectivity index (χ2v) is 8.47. The second-order valence-electron chi connectivity index (χ2n) is 8.47. The zero-order valence-corrected chi connectivity index (χ0v) is 18.7. The van der Waals surface area contributed by atoms with Gasteiger partial charge in [-0.1, -0.05) is 44.2 Å². The Morgan fingerprint density at radius 1 is 1.00 bits per heavy atom. The van der Waals surface area contributed by atoms with Crippen molar-refractivity contribution in [3.05, 3.63) is 71.4 Å². The molecular weight excluding hydrogens is 374 g/mol. The van der Waals surface area contributed by atoms with Gasteiger partial charge in [0.2, 0.25) is 5.88 Å². The van der Waals surface area contributed by atoms with Crippen molar-refractivity contribution in [2.45, 2.75) is 47.3 Å². The highest BCUT2D eigenvalue weighted by Gasteiger charge is 2.22. The fraction of sp³-hybridized carbons (Fsp3) is 0.400. The third-order valence-electron chi connectivity index (χ3n) is 4.87. The van der Waals surface area contributed by atoms with Crippen molar-refractivity contribution in [1.82, 2.24) is 14.7 Å². The summed E-state index contributed by atoms with van der Waals surface area (Å²) >= 11 is 0. The van der Waals surface area contributed by atoms with E-state index in [4.69, 9.17) is 9.84 Å². The molecule has 0 saturated heterocycles. The normalized spacial score (nSPS) is 12.5. The van der Waals surface area contributed by atoms with E-state index in [9.17, 15) is 5.11 Å². The molecule has 1 heterocycles. The van der Waals surface area contributed by atoms with Crippen LogP contribution < -0.4 is 4.74 Å². The first-order chi connectivity index (χ1) is 14.3. The van der Waals surface area contributed by atoms with Crippen LogP contribution in [0.25, 0.3) is 5.69 Å². The number of benzene rings is 2. The monoisotopic (exact) mass is 407 g/mol. The molecule has 1 N–H and O–H groups in total. The zero-order chi connectivity index (χ0) is 21.7. The van der Waals surface area contributed by atoms with E-state index in [0.717, 1.165) is 40.7 Å². The predicted molar refractivity (Wildman–Crippen MR) is 121 cm³/mol. The minimum absolute atomic E-state index is 0.394. The van der Waals surface area contributed by atoms with E-state index in [1.54, 1.807) is 0 Å². The maximum absolute atomic E-state index is 10.0. The van der Waals surface area contributed by atoms with Crippen LogP contribution >= 0.6 is 0 Å². The number of aryl methyl sites for hydroxylation is 2. The molecule has 5 heteroatoms. The second kappa shape index (κ2) is 9.92. The standard InChI is InChI=1S/C25H33N3O2/c1-18(2)15-27(16-20(4)29)17-24-21(5)26-28(22-11-7-6-8-12-22)25(24)30-23-13-9-10-19(3)14-23/h6-14,18,20,29H,15-17H2,1-5H3/t20-/m0/s1. The number of hydrogen-bond donors (Lipinski definition) is 1. The fourth-order valence-corrected chi connectivity index (χ4v) is 3.68. The van der Waals surface area contributed by atoms with Gasteiger partial charge in [0, 0.05) is 19.6 Å². The smallest absolute Gasteiger partial charge is 0.227 e. The largest absolute Gasteiger partial charge is 0.439 e. The highest BCUT2D eigenvalue weighted by Crippen LogP contribution is 2.32. The number of para-hydroxylation sites is 1. The van der Waals surface area contributed by atoms with Gasteiger partial charge < -0.3 is 9.84 Å². The first kappa shape index (κ1) is 22.1. The molecule has 2 aromatic carbocycles. The van der Waals surface area contributed by atoms with Crippen molar-refractivity contribution >= 4 is 0 Å². The van der Waals surface area contributed by atoms with Gasteiger partial charge in [-0.25, -0.2) is 4.68 Å². The summed E-state index contributed by atoms with van der Waals surface area (Å²) in [5.74, 6) is 2.01. The SMILES string of the molecule is Cc1cccc(Oc2c(CN(CC(C)C)C[C@H](C)O)c(C)nn2-c2ccccc2)c1. The number of nitrogens with zero attached hydrogens (tertiary/aromatic N) is 3. The van der Waals surface area contributed by atoms with E-state index in [-0.39, 0.29) is 0 Å². The van der Waals surface area contributed by atoms with Gasteiger partial charge in [0.1, 0.15) is 5.75 Å². The number of aliphatic hydroxyl groups is 1. The molecule has 0 radical (unpaired) electrons. The summed E-state index contributed by atoms with van der Waals surface area (Å²) in [4.78, 5) is 2.28. The summed E-state index contributed by atoms with van der Waals surface area (Å²) in [5.41, 5.74) is 4.08. The predicted octanol–water partition coefficient (Wildman–Crippen LogP) is 5.12. The Kier molecular flexibility index (Phi) is 7.29. The molecule has 0 aliphatic carbocycles. The molecule has 0 amide bonds.